The van der Waals surface area contributed by atoms with Crippen molar-refractivity contribution in [1.29, 1.82) is 0 Å². The number of aliphatic hydroxyl groups is 1. The molecule has 36 heavy (non-hydrogen) atoms. The third-order valence-electron chi connectivity index (χ3n) is 6.21. The van der Waals surface area contributed by atoms with Crippen LogP contribution in [-0.2, 0) is 18.7 Å². The maximum Gasteiger partial charge on any atom is 0.333 e. The van der Waals surface area contributed by atoms with Gasteiger partial charge in [-0.2, -0.15) is 5.10 Å². The molecule has 0 saturated heterocycles. The zero-order chi connectivity index (χ0) is 25.3. The maximum atomic E-state index is 14.8. The first-order valence-electron chi connectivity index (χ1n) is 11.1. The first kappa shape index (κ1) is 23.3. The summed E-state index contributed by atoms with van der Waals surface area (Å²) in [5.74, 6) is -1.71. The molecule has 0 spiro atoms. The minimum absolute atomic E-state index is 0.163. The van der Waals surface area contributed by atoms with E-state index in [2.05, 4.69) is 20.4 Å². The SMILES string of the molecule is CC(n1ccn(-c2ccc(Cn3ccnn3)cc2)c1=O)C(O)(Cn1cncn1)c1ccc(F)cc1F. The highest BCUT2D eigenvalue weighted by molar-refractivity contribution is 5.35. The van der Waals surface area contributed by atoms with Crippen molar-refractivity contribution < 1.29 is 13.9 Å². The van der Waals surface area contributed by atoms with Gasteiger partial charge in [0, 0.05) is 30.2 Å². The highest BCUT2D eigenvalue weighted by atomic mass is 19.1. The summed E-state index contributed by atoms with van der Waals surface area (Å²) in [5.41, 5.74) is -0.974. The fourth-order valence-corrected chi connectivity index (χ4v) is 4.22. The molecule has 0 fully saturated rings. The first-order valence-corrected chi connectivity index (χ1v) is 11.1. The Labute approximate surface area is 203 Å². The zero-order valence-electron chi connectivity index (χ0n) is 19.2. The Morgan fingerprint density at radius 1 is 1.06 bits per heavy atom. The second kappa shape index (κ2) is 9.30. The fraction of sp³-hybridized carbons (Fsp3) is 0.208. The van der Waals surface area contributed by atoms with Crippen LogP contribution in [0.5, 0.6) is 0 Å². The van der Waals surface area contributed by atoms with Crippen molar-refractivity contribution in [1.82, 2.24) is 38.9 Å². The Morgan fingerprint density at radius 2 is 1.86 bits per heavy atom. The number of rotatable bonds is 8. The topological polar surface area (TPSA) is 109 Å². The maximum absolute atomic E-state index is 14.8. The molecular formula is C24H22F2N8O2. The van der Waals surface area contributed by atoms with Crippen LogP contribution in [0.1, 0.15) is 24.1 Å². The third-order valence-corrected chi connectivity index (χ3v) is 6.21. The molecule has 1 N–H and O–H groups in total. The molecule has 0 aliphatic carbocycles. The van der Waals surface area contributed by atoms with Gasteiger partial charge in [0.05, 0.1) is 31.0 Å². The number of imidazole rings is 1. The Kier molecular flexibility index (Phi) is 6.02. The summed E-state index contributed by atoms with van der Waals surface area (Å²) in [6.07, 6.45) is 9.09. The average molecular weight is 492 g/mol. The molecule has 2 unspecified atom stereocenters. The number of benzene rings is 2. The lowest BCUT2D eigenvalue weighted by Crippen LogP contribution is -2.43. The van der Waals surface area contributed by atoms with Crippen LogP contribution in [0.2, 0.25) is 0 Å². The van der Waals surface area contributed by atoms with E-state index >= 15 is 0 Å². The Balaban J connectivity index is 1.49. The molecule has 10 nitrogen and oxygen atoms in total. The average Bonchev–Trinajstić information content (AvgIpc) is 3.62. The van der Waals surface area contributed by atoms with E-state index in [0.717, 1.165) is 11.6 Å². The van der Waals surface area contributed by atoms with Gasteiger partial charge < -0.3 is 5.11 Å². The van der Waals surface area contributed by atoms with Gasteiger partial charge in [-0.1, -0.05) is 23.4 Å². The van der Waals surface area contributed by atoms with Crippen LogP contribution < -0.4 is 5.69 Å². The van der Waals surface area contributed by atoms with Crippen molar-refractivity contribution in [2.45, 2.75) is 31.7 Å². The normalized spacial score (nSPS) is 14.0. The summed E-state index contributed by atoms with van der Waals surface area (Å²) >= 11 is 0. The van der Waals surface area contributed by atoms with Crippen LogP contribution in [0.25, 0.3) is 5.69 Å². The summed E-state index contributed by atoms with van der Waals surface area (Å²) in [6, 6.07) is 9.32. The second-order valence-electron chi connectivity index (χ2n) is 8.44. The Hall–Kier alpha value is -4.45. The molecule has 3 heterocycles. The molecule has 0 aliphatic rings. The minimum Gasteiger partial charge on any atom is -0.381 e. The molecular weight excluding hydrogens is 470 g/mol. The fourth-order valence-electron chi connectivity index (χ4n) is 4.22. The standard InChI is InChI=1S/C24H22F2N8O2/c1-17(24(36,14-32-16-27-15-29-32)21-7-4-19(25)12-22(21)26)33-10-11-34(23(33)35)20-5-2-18(3-6-20)13-31-9-8-28-30-31/h2-12,15-17,36H,13-14H2,1H3. The van der Waals surface area contributed by atoms with E-state index in [1.54, 1.807) is 42.3 Å². The van der Waals surface area contributed by atoms with E-state index in [1.807, 2.05) is 12.1 Å². The molecule has 12 heteroatoms. The molecule has 3 aromatic heterocycles. The van der Waals surface area contributed by atoms with Crippen LogP contribution in [0.15, 0.2) is 84.7 Å². The van der Waals surface area contributed by atoms with Gasteiger partial charge in [0.2, 0.25) is 0 Å². The molecule has 2 atom stereocenters. The van der Waals surface area contributed by atoms with E-state index in [1.165, 1.54) is 38.7 Å². The van der Waals surface area contributed by atoms with Crippen LogP contribution in [0, 0.1) is 11.6 Å². The smallest absolute Gasteiger partial charge is 0.333 e. The van der Waals surface area contributed by atoms with Gasteiger partial charge >= 0.3 is 5.69 Å². The highest BCUT2D eigenvalue weighted by Crippen LogP contribution is 2.36. The first-order chi connectivity index (χ1) is 17.3. The quantitative estimate of drug-likeness (QED) is 0.356. The molecule has 0 radical (unpaired) electrons. The van der Waals surface area contributed by atoms with E-state index in [0.29, 0.717) is 18.3 Å². The van der Waals surface area contributed by atoms with Crippen LogP contribution in [0.4, 0.5) is 8.78 Å². The lowest BCUT2D eigenvalue weighted by atomic mass is 9.86. The van der Waals surface area contributed by atoms with Gasteiger partial charge in [-0.15, -0.1) is 5.10 Å². The van der Waals surface area contributed by atoms with Crippen molar-refractivity contribution in [3.63, 3.8) is 0 Å². The number of aromatic nitrogens is 8. The largest absolute Gasteiger partial charge is 0.381 e. The van der Waals surface area contributed by atoms with Gasteiger partial charge in [-0.3, -0.25) is 9.13 Å². The van der Waals surface area contributed by atoms with Crippen molar-refractivity contribution in [2.24, 2.45) is 0 Å². The Morgan fingerprint density at radius 3 is 2.53 bits per heavy atom. The monoisotopic (exact) mass is 492 g/mol. The van der Waals surface area contributed by atoms with Crippen LogP contribution in [-0.4, -0.2) is 44.0 Å². The van der Waals surface area contributed by atoms with Crippen molar-refractivity contribution in [2.75, 3.05) is 0 Å². The predicted octanol–water partition coefficient (Wildman–Crippen LogP) is 2.30. The van der Waals surface area contributed by atoms with Crippen LogP contribution >= 0.6 is 0 Å². The molecule has 2 aromatic carbocycles. The number of halogens is 2. The second-order valence-corrected chi connectivity index (χ2v) is 8.44. The van der Waals surface area contributed by atoms with Gasteiger partial charge in [-0.05, 0) is 30.7 Å². The summed E-state index contributed by atoms with van der Waals surface area (Å²) in [5, 5.41) is 23.5. The molecule has 184 valence electrons. The van der Waals surface area contributed by atoms with Gasteiger partial charge in [-0.25, -0.2) is 27.9 Å². The van der Waals surface area contributed by atoms with Gasteiger partial charge in [0.1, 0.15) is 29.9 Å². The van der Waals surface area contributed by atoms with E-state index in [-0.39, 0.29) is 12.1 Å². The van der Waals surface area contributed by atoms with Crippen LogP contribution in [0.3, 0.4) is 0 Å². The molecule has 5 rings (SSSR count). The molecule has 0 amide bonds. The lowest BCUT2D eigenvalue weighted by Gasteiger charge is -2.35. The van der Waals surface area contributed by atoms with E-state index in [4.69, 9.17) is 0 Å². The summed E-state index contributed by atoms with van der Waals surface area (Å²) in [6.45, 7) is 1.91. The van der Waals surface area contributed by atoms with E-state index in [9.17, 15) is 18.7 Å². The Bertz CT molecular complexity index is 1510. The summed E-state index contributed by atoms with van der Waals surface area (Å²) in [7, 11) is 0. The highest BCUT2D eigenvalue weighted by Gasteiger charge is 2.41. The molecule has 0 bridgehead atoms. The zero-order valence-corrected chi connectivity index (χ0v) is 19.2. The van der Waals surface area contributed by atoms with E-state index < -0.39 is 29.0 Å². The number of hydrogen-bond donors (Lipinski definition) is 1. The molecule has 5 aromatic rings. The third kappa shape index (κ3) is 4.33. The number of hydrogen-bond acceptors (Lipinski definition) is 6. The minimum atomic E-state index is -1.96. The van der Waals surface area contributed by atoms with Crippen molar-refractivity contribution in [3.05, 3.63) is 113 Å². The van der Waals surface area contributed by atoms with Gasteiger partial charge in [0.15, 0.2) is 0 Å². The lowest BCUT2D eigenvalue weighted by molar-refractivity contribution is -0.0342. The van der Waals surface area contributed by atoms with Gasteiger partial charge in [0.25, 0.3) is 0 Å². The molecule has 0 aliphatic heterocycles. The summed E-state index contributed by atoms with van der Waals surface area (Å²) in [4.78, 5) is 17.2. The van der Waals surface area contributed by atoms with Crippen molar-refractivity contribution in [3.8, 4) is 5.69 Å². The summed E-state index contributed by atoms with van der Waals surface area (Å²) < 4.78 is 34.2. The number of nitrogens with zero attached hydrogens (tertiary/aromatic N) is 8. The van der Waals surface area contributed by atoms with Crippen molar-refractivity contribution >= 4 is 0 Å². The predicted molar refractivity (Wildman–Crippen MR) is 124 cm³/mol. The molecule has 0 saturated carbocycles.